The van der Waals surface area contributed by atoms with Gasteiger partial charge < -0.3 is 20.1 Å². The Labute approximate surface area is 167 Å². The first-order valence-electron chi connectivity index (χ1n) is 9.68. The van der Waals surface area contributed by atoms with Gasteiger partial charge in [-0.15, -0.1) is 0 Å². The van der Waals surface area contributed by atoms with Crippen molar-refractivity contribution in [3.8, 4) is 0 Å². The van der Waals surface area contributed by atoms with E-state index < -0.39 is 23.7 Å². The van der Waals surface area contributed by atoms with Crippen molar-refractivity contribution in [2.45, 2.75) is 71.6 Å². The van der Waals surface area contributed by atoms with Crippen LogP contribution in [0.5, 0.6) is 0 Å². The highest BCUT2D eigenvalue weighted by Gasteiger charge is 2.26. The van der Waals surface area contributed by atoms with E-state index in [4.69, 9.17) is 9.47 Å². The van der Waals surface area contributed by atoms with Crippen molar-refractivity contribution in [2.75, 3.05) is 6.54 Å². The van der Waals surface area contributed by atoms with Crippen LogP contribution in [0.1, 0.15) is 58.9 Å². The minimum Gasteiger partial charge on any atom is -0.459 e. The summed E-state index contributed by atoms with van der Waals surface area (Å²) in [6.07, 6.45) is 2.40. The summed E-state index contributed by atoms with van der Waals surface area (Å²) in [6.45, 7) is 7.26. The lowest BCUT2D eigenvalue weighted by Crippen LogP contribution is -2.50. The number of benzene rings is 1. The zero-order chi connectivity index (χ0) is 21.0. The molecule has 0 heterocycles. The maximum Gasteiger partial charge on any atom is 0.408 e. The van der Waals surface area contributed by atoms with E-state index in [1.165, 1.54) is 0 Å². The minimum atomic E-state index is -1.03. The lowest BCUT2D eigenvalue weighted by Gasteiger charge is -2.23. The number of esters is 1. The second kappa shape index (κ2) is 12.0. The van der Waals surface area contributed by atoms with Gasteiger partial charge in [0, 0.05) is 13.0 Å². The number of hydrogen-bond acceptors (Lipinski definition) is 5. The fourth-order valence-electron chi connectivity index (χ4n) is 2.31. The number of nitrogens with one attached hydrogen (secondary N) is 2. The number of hydrogen-bond donors (Lipinski definition) is 2. The first kappa shape index (κ1) is 23.5. The van der Waals surface area contributed by atoms with Crippen molar-refractivity contribution < 1.29 is 23.9 Å². The van der Waals surface area contributed by atoms with Crippen LogP contribution in [0, 0.1) is 0 Å². The van der Waals surface area contributed by atoms with E-state index in [1.54, 1.807) is 20.8 Å². The maximum atomic E-state index is 12.4. The highest BCUT2D eigenvalue weighted by molar-refractivity contribution is 5.83. The van der Waals surface area contributed by atoms with Gasteiger partial charge in [0.05, 0.1) is 0 Å². The molecule has 0 aliphatic carbocycles. The summed E-state index contributed by atoms with van der Waals surface area (Å²) < 4.78 is 10.5. The molecule has 0 radical (unpaired) electrons. The van der Waals surface area contributed by atoms with Crippen LogP contribution >= 0.6 is 0 Å². The molecule has 2 amide bonds. The molecule has 0 saturated heterocycles. The number of alkyl carbamates (subject to hydrolysis) is 1. The Hall–Kier alpha value is -2.57. The predicted molar refractivity (Wildman–Crippen MR) is 107 cm³/mol. The lowest BCUT2D eigenvalue weighted by atomic mass is 10.2. The maximum absolute atomic E-state index is 12.4. The fraction of sp³-hybridized carbons (Fsp3) is 0.571. The van der Waals surface area contributed by atoms with Crippen molar-refractivity contribution in [1.82, 2.24) is 10.6 Å². The second-order valence-electron chi connectivity index (χ2n) is 7.55. The first-order valence-corrected chi connectivity index (χ1v) is 9.68. The van der Waals surface area contributed by atoms with Gasteiger partial charge in [-0.25, -0.2) is 9.59 Å². The molecule has 0 aliphatic rings. The number of rotatable bonds is 10. The van der Waals surface area contributed by atoms with E-state index in [0.717, 1.165) is 24.8 Å². The lowest BCUT2D eigenvalue weighted by molar-refractivity contribution is -0.147. The normalized spacial score (nSPS) is 12.0. The average molecular weight is 392 g/mol. The summed E-state index contributed by atoms with van der Waals surface area (Å²) in [5.74, 6) is -0.802. The molecule has 0 fully saturated rings. The van der Waals surface area contributed by atoms with Gasteiger partial charge in [-0.3, -0.25) is 4.79 Å². The molecule has 7 nitrogen and oxygen atoms in total. The Balaban J connectivity index is 2.63. The molecule has 1 rings (SSSR count). The summed E-state index contributed by atoms with van der Waals surface area (Å²) in [4.78, 5) is 36.4. The molecule has 1 aromatic rings. The summed E-state index contributed by atoms with van der Waals surface area (Å²) in [7, 11) is 0. The van der Waals surface area contributed by atoms with Crippen molar-refractivity contribution in [2.24, 2.45) is 0 Å². The molecular weight excluding hydrogens is 360 g/mol. The van der Waals surface area contributed by atoms with Crippen LogP contribution in [-0.4, -0.2) is 36.2 Å². The van der Waals surface area contributed by atoms with Crippen LogP contribution in [0.2, 0.25) is 0 Å². The quantitative estimate of drug-likeness (QED) is 0.471. The van der Waals surface area contributed by atoms with Crippen molar-refractivity contribution in [1.29, 1.82) is 0 Å². The molecule has 0 saturated carbocycles. The zero-order valence-electron chi connectivity index (χ0n) is 17.2. The van der Waals surface area contributed by atoms with Crippen LogP contribution in [0.4, 0.5) is 4.79 Å². The van der Waals surface area contributed by atoms with Crippen LogP contribution in [0.25, 0.3) is 0 Å². The third-order valence-electron chi connectivity index (χ3n) is 3.71. The Morgan fingerprint density at radius 3 is 2.36 bits per heavy atom. The molecule has 0 bridgehead atoms. The average Bonchev–Trinajstić information content (AvgIpc) is 2.62. The van der Waals surface area contributed by atoms with Crippen LogP contribution in [0.15, 0.2) is 30.3 Å². The van der Waals surface area contributed by atoms with Gasteiger partial charge in [0.15, 0.2) is 0 Å². The number of carbonyl (C=O) groups is 3. The van der Waals surface area contributed by atoms with Crippen LogP contribution in [0.3, 0.4) is 0 Å². The van der Waals surface area contributed by atoms with E-state index in [1.807, 2.05) is 30.3 Å². The van der Waals surface area contributed by atoms with E-state index >= 15 is 0 Å². The summed E-state index contributed by atoms with van der Waals surface area (Å²) >= 11 is 0. The number of carbonyl (C=O) groups excluding carboxylic acids is 3. The Morgan fingerprint density at radius 1 is 1.07 bits per heavy atom. The van der Waals surface area contributed by atoms with Gasteiger partial charge in [0.25, 0.3) is 0 Å². The molecule has 28 heavy (non-hydrogen) atoms. The van der Waals surface area contributed by atoms with Crippen molar-refractivity contribution >= 4 is 18.0 Å². The highest BCUT2D eigenvalue weighted by atomic mass is 16.6. The fourth-order valence-corrected chi connectivity index (χ4v) is 2.31. The molecular formula is C21H32N2O5. The third kappa shape index (κ3) is 10.5. The van der Waals surface area contributed by atoms with Gasteiger partial charge in [0.1, 0.15) is 18.2 Å². The summed E-state index contributed by atoms with van der Waals surface area (Å²) in [6, 6.07) is 8.19. The molecule has 0 aliphatic heterocycles. The highest BCUT2D eigenvalue weighted by Crippen LogP contribution is 2.08. The Morgan fingerprint density at radius 2 is 1.75 bits per heavy atom. The second-order valence-corrected chi connectivity index (χ2v) is 7.55. The predicted octanol–water partition coefficient (Wildman–Crippen LogP) is 3.32. The molecule has 156 valence electrons. The van der Waals surface area contributed by atoms with Gasteiger partial charge in [0.2, 0.25) is 5.91 Å². The zero-order valence-corrected chi connectivity index (χ0v) is 17.2. The van der Waals surface area contributed by atoms with E-state index in [-0.39, 0.29) is 19.1 Å². The monoisotopic (exact) mass is 392 g/mol. The molecule has 1 atom stereocenters. The number of unbranched alkanes of at least 4 members (excludes halogenated alkanes) is 2. The Bertz CT molecular complexity index is 625. The first-order chi connectivity index (χ1) is 13.2. The smallest absolute Gasteiger partial charge is 0.408 e. The standard InChI is InChI=1S/C21H32N2O5/c1-5-6-8-13-18(24)22-14-17(23-20(26)28-21(2,3)4)19(25)27-15-16-11-9-7-10-12-16/h7,9-12,17H,5-6,8,13-15H2,1-4H3,(H,22,24)(H,23,26)/t17-/m0/s1. The minimum absolute atomic E-state index is 0.0577. The van der Waals surface area contributed by atoms with E-state index in [0.29, 0.717) is 6.42 Å². The largest absolute Gasteiger partial charge is 0.459 e. The number of amides is 2. The molecule has 0 aromatic heterocycles. The van der Waals surface area contributed by atoms with Gasteiger partial charge in [-0.05, 0) is 32.8 Å². The molecule has 0 spiro atoms. The summed E-state index contributed by atoms with van der Waals surface area (Å²) in [5.41, 5.74) is 0.127. The van der Waals surface area contributed by atoms with Crippen molar-refractivity contribution in [3.05, 3.63) is 35.9 Å². The topological polar surface area (TPSA) is 93.7 Å². The van der Waals surface area contributed by atoms with Gasteiger partial charge in [-0.1, -0.05) is 50.1 Å². The van der Waals surface area contributed by atoms with E-state index in [9.17, 15) is 14.4 Å². The van der Waals surface area contributed by atoms with Gasteiger partial charge in [-0.2, -0.15) is 0 Å². The number of ether oxygens (including phenoxy) is 2. The van der Waals surface area contributed by atoms with Gasteiger partial charge >= 0.3 is 12.1 Å². The van der Waals surface area contributed by atoms with E-state index in [2.05, 4.69) is 17.6 Å². The third-order valence-corrected chi connectivity index (χ3v) is 3.71. The SMILES string of the molecule is CCCCCC(=O)NC[C@H](NC(=O)OC(C)(C)C)C(=O)OCc1ccccc1. The van der Waals surface area contributed by atoms with Crippen LogP contribution in [-0.2, 0) is 25.7 Å². The van der Waals surface area contributed by atoms with Crippen molar-refractivity contribution in [3.63, 3.8) is 0 Å². The van der Waals surface area contributed by atoms with Crippen LogP contribution < -0.4 is 10.6 Å². The summed E-state index contributed by atoms with van der Waals surface area (Å²) in [5, 5.41) is 5.16. The Kier molecular flexibility index (Phi) is 10.1. The molecule has 0 unspecified atom stereocenters. The molecule has 1 aromatic carbocycles. The molecule has 2 N–H and O–H groups in total. The molecule has 7 heteroatoms.